The van der Waals surface area contributed by atoms with Gasteiger partial charge in [-0.3, -0.25) is 4.98 Å². The van der Waals surface area contributed by atoms with Crippen molar-refractivity contribution in [3.63, 3.8) is 0 Å². The van der Waals surface area contributed by atoms with Crippen LogP contribution in [-0.4, -0.2) is 12.0 Å². The summed E-state index contributed by atoms with van der Waals surface area (Å²) in [6, 6.07) is 6.37. The number of aromatic nitrogens is 1. The van der Waals surface area contributed by atoms with Crippen LogP contribution in [0, 0.1) is 0 Å². The summed E-state index contributed by atoms with van der Waals surface area (Å²) in [6.07, 6.45) is 1.84. The van der Waals surface area contributed by atoms with Crippen molar-refractivity contribution in [3.05, 3.63) is 44.8 Å². The van der Waals surface area contributed by atoms with Gasteiger partial charge in [-0.05, 0) is 26.1 Å². The quantitative estimate of drug-likeness (QED) is 0.908. The van der Waals surface area contributed by atoms with Gasteiger partial charge in [0.1, 0.15) is 12.4 Å². The first-order valence-electron chi connectivity index (χ1n) is 5.67. The van der Waals surface area contributed by atoms with Crippen LogP contribution in [0.4, 0.5) is 0 Å². The molecule has 2 rings (SSSR count). The van der Waals surface area contributed by atoms with Crippen LogP contribution in [0.25, 0.3) is 0 Å². The molecule has 96 valence electrons. The molecule has 3 nitrogen and oxygen atoms in total. The number of hydrogen-bond acceptors (Lipinski definition) is 4. The summed E-state index contributed by atoms with van der Waals surface area (Å²) < 4.78 is 6.91. The Labute approximate surface area is 119 Å². The van der Waals surface area contributed by atoms with Crippen molar-refractivity contribution in [1.82, 2.24) is 10.3 Å². The maximum Gasteiger partial charge on any atom is 0.125 e. The number of thiazole rings is 1. The Hall–Kier alpha value is -0.910. The molecule has 0 aliphatic carbocycles. The zero-order valence-electron chi connectivity index (χ0n) is 10.3. The number of nitrogens with zero attached hydrogens (tertiary/aromatic N) is 1. The summed E-state index contributed by atoms with van der Waals surface area (Å²) in [5, 5.41) is 3.23. The Balaban J connectivity index is 2.17. The Kier molecular flexibility index (Phi) is 4.74. The molecule has 18 heavy (non-hydrogen) atoms. The topological polar surface area (TPSA) is 34.1 Å². The Bertz CT molecular complexity index is 502. The molecule has 0 spiro atoms. The van der Waals surface area contributed by atoms with Crippen molar-refractivity contribution in [1.29, 1.82) is 0 Å². The number of nitrogens with one attached hydrogen (secondary N) is 1. The molecule has 5 heteroatoms. The molecule has 0 aliphatic heterocycles. The Morgan fingerprint density at radius 1 is 1.50 bits per heavy atom. The number of hydrogen-bond donors (Lipinski definition) is 1. The van der Waals surface area contributed by atoms with E-state index in [1.54, 1.807) is 11.3 Å². The van der Waals surface area contributed by atoms with E-state index in [1.165, 1.54) is 0 Å². The predicted molar refractivity (Wildman–Crippen MR) is 78.1 cm³/mol. The molecule has 0 saturated heterocycles. The van der Waals surface area contributed by atoms with E-state index in [0.29, 0.717) is 6.61 Å². The minimum atomic E-state index is 0.259. The zero-order valence-corrected chi connectivity index (χ0v) is 12.7. The molecule has 1 heterocycles. The highest BCUT2D eigenvalue weighted by atomic mass is 79.9. The summed E-state index contributed by atoms with van der Waals surface area (Å²) in [4.78, 5) is 5.17. The van der Waals surface area contributed by atoms with Gasteiger partial charge in [0.05, 0.1) is 10.4 Å². The van der Waals surface area contributed by atoms with Gasteiger partial charge in [0.2, 0.25) is 0 Å². The maximum atomic E-state index is 5.89. The van der Waals surface area contributed by atoms with Gasteiger partial charge in [0, 0.05) is 22.3 Å². The van der Waals surface area contributed by atoms with Gasteiger partial charge in [-0.2, -0.15) is 0 Å². The highest BCUT2D eigenvalue weighted by molar-refractivity contribution is 9.10. The van der Waals surface area contributed by atoms with Gasteiger partial charge in [-0.15, -0.1) is 11.3 Å². The van der Waals surface area contributed by atoms with Crippen LogP contribution >= 0.6 is 27.3 Å². The molecule has 1 aromatic heterocycles. The molecular formula is C13H15BrN2OS. The fraction of sp³-hybridized carbons (Fsp3) is 0.308. The molecule has 0 saturated carbocycles. The second-order valence-corrected chi connectivity index (χ2v) is 5.84. The van der Waals surface area contributed by atoms with Crippen LogP contribution in [0.15, 0.2) is 34.4 Å². The number of benzene rings is 1. The van der Waals surface area contributed by atoms with Gasteiger partial charge in [-0.25, -0.2) is 0 Å². The lowest BCUT2D eigenvalue weighted by atomic mass is 10.1. The molecule has 0 amide bonds. The largest absolute Gasteiger partial charge is 0.488 e. The van der Waals surface area contributed by atoms with E-state index >= 15 is 0 Å². The molecule has 0 bridgehead atoms. The molecule has 1 atom stereocenters. The van der Waals surface area contributed by atoms with Crippen LogP contribution in [0.3, 0.4) is 0 Å². The third-order valence-electron chi connectivity index (χ3n) is 2.73. The van der Waals surface area contributed by atoms with Crippen LogP contribution in [0.1, 0.15) is 23.4 Å². The standard InChI is InChI=1S/C13H15BrN2OS/c1-9(15-2)12-4-3-10(14)5-13(12)17-7-11-6-16-8-18-11/h3-6,8-9,15H,7H2,1-2H3. The highest BCUT2D eigenvalue weighted by Crippen LogP contribution is 2.29. The number of ether oxygens (including phenoxy) is 1. The van der Waals surface area contributed by atoms with Crippen molar-refractivity contribution >= 4 is 27.3 Å². The van der Waals surface area contributed by atoms with Crippen LogP contribution in [-0.2, 0) is 6.61 Å². The highest BCUT2D eigenvalue weighted by Gasteiger charge is 2.11. The minimum absolute atomic E-state index is 0.259. The molecule has 0 radical (unpaired) electrons. The average molecular weight is 327 g/mol. The minimum Gasteiger partial charge on any atom is -0.488 e. The second-order valence-electron chi connectivity index (χ2n) is 3.95. The summed E-state index contributed by atoms with van der Waals surface area (Å²) in [6.45, 7) is 2.67. The molecule has 0 fully saturated rings. The predicted octanol–water partition coefficient (Wildman–Crippen LogP) is 3.77. The normalized spacial score (nSPS) is 12.4. The summed E-state index contributed by atoms with van der Waals surface area (Å²) in [7, 11) is 1.94. The lowest BCUT2D eigenvalue weighted by Gasteiger charge is -2.16. The van der Waals surface area contributed by atoms with E-state index in [-0.39, 0.29) is 6.04 Å². The van der Waals surface area contributed by atoms with E-state index in [4.69, 9.17) is 4.74 Å². The van der Waals surface area contributed by atoms with Gasteiger partial charge < -0.3 is 10.1 Å². The van der Waals surface area contributed by atoms with Crippen molar-refractivity contribution in [2.45, 2.75) is 19.6 Å². The zero-order chi connectivity index (χ0) is 13.0. The van der Waals surface area contributed by atoms with Gasteiger partial charge >= 0.3 is 0 Å². The van der Waals surface area contributed by atoms with E-state index in [1.807, 2.05) is 30.9 Å². The van der Waals surface area contributed by atoms with Crippen molar-refractivity contribution < 1.29 is 4.74 Å². The molecule has 0 aliphatic rings. The monoisotopic (exact) mass is 326 g/mol. The van der Waals surface area contributed by atoms with E-state index in [2.05, 4.69) is 39.2 Å². The summed E-state index contributed by atoms with van der Waals surface area (Å²) in [5.74, 6) is 0.902. The summed E-state index contributed by atoms with van der Waals surface area (Å²) >= 11 is 5.08. The lowest BCUT2D eigenvalue weighted by molar-refractivity contribution is 0.303. The van der Waals surface area contributed by atoms with Gasteiger partial charge in [0.25, 0.3) is 0 Å². The van der Waals surface area contributed by atoms with Gasteiger partial charge in [-0.1, -0.05) is 22.0 Å². The van der Waals surface area contributed by atoms with Crippen LogP contribution in [0.2, 0.25) is 0 Å². The molecule has 1 aromatic carbocycles. The fourth-order valence-corrected chi connectivity index (χ4v) is 2.45. The maximum absolute atomic E-state index is 5.89. The summed E-state index contributed by atoms with van der Waals surface area (Å²) in [5.41, 5.74) is 2.97. The Morgan fingerprint density at radius 3 is 3.00 bits per heavy atom. The first kappa shape index (κ1) is 13.5. The SMILES string of the molecule is CNC(C)c1ccc(Br)cc1OCc1cncs1. The van der Waals surface area contributed by atoms with E-state index < -0.39 is 0 Å². The van der Waals surface area contributed by atoms with Crippen LogP contribution in [0.5, 0.6) is 5.75 Å². The molecular weight excluding hydrogens is 312 g/mol. The van der Waals surface area contributed by atoms with Crippen molar-refractivity contribution in [2.24, 2.45) is 0 Å². The molecule has 1 N–H and O–H groups in total. The van der Waals surface area contributed by atoms with Crippen LogP contribution < -0.4 is 10.1 Å². The first-order chi connectivity index (χ1) is 8.70. The number of halogens is 1. The van der Waals surface area contributed by atoms with E-state index in [0.717, 1.165) is 20.7 Å². The smallest absolute Gasteiger partial charge is 0.125 e. The molecule has 1 unspecified atom stereocenters. The first-order valence-corrected chi connectivity index (χ1v) is 7.35. The fourth-order valence-electron chi connectivity index (χ4n) is 1.61. The third-order valence-corrected chi connectivity index (χ3v) is 3.97. The molecule has 2 aromatic rings. The number of rotatable bonds is 5. The van der Waals surface area contributed by atoms with Crippen molar-refractivity contribution in [3.8, 4) is 5.75 Å². The van der Waals surface area contributed by atoms with Crippen molar-refractivity contribution in [2.75, 3.05) is 7.05 Å². The van der Waals surface area contributed by atoms with Gasteiger partial charge in [0.15, 0.2) is 0 Å². The average Bonchev–Trinajstić information content (AvgIpc) is 2.88. The Morgan fingerprint density at radius 2 is 2.33 bits per heavy atom. The lowest BCUT2D eigenvalue weighted by Crippen LogP contribution is -2.13. The third kappa shape index (κ3) is 3.31. The second kappa shape index (κ2) is 6.31. The van der Waals surface area contributed by atoms with E-state index in [9.17, 15) is 0 Å².